The fourth-order valence-corrected chi connectivity index (χ4v) is 5.36. The van der Waals surface area contributed by atoms with Crippen molar-refractivity contribution in [1.29, 1.82) is 0 Å². The summed E-state index contributed by atoms with van der Waals surface area (Å²) >= 11 is 3.71. The van der Waals surface area contributed by atoms with E-state index in [1.807, 2.05) is 24.3 Å². The average Bonchev–Trinajstić information content (AvgIpc) is 2.64. The van der Waals surface area contributed by atoms with E-state index in [0.29, 0.717) is 0 Å². The molecule has 4 bridgehead atoms. The van der Waals surface area contributed by atoms with Gasteiger partial charge >= 0.3 is 0 Å². The first-order valence-electron chi connectivity index (χ1n) is 8.98. The molecule has 7 rings (SSSR count). The Hall–Kier alpha value is -1.71. The van der Waals surface area contributed by atoms with Gasteiger partial charge in [0.2, 0.25) is 0 Å². The molecule has 3 aromatic rings. The molecule has 0 amide bonds. The van der Waals surface area contributed by atoms with Crippen LogP contribution >= 0.6 is 15.9 Å². The summed E-state index contributed by atoms with van der Waals surface area (Å²) in [7, 11) is -1.14. The molecule has 0 heterocycles. The zero-order chi connectivity index (χ0) is 18.1. The maximum absolute atomic E-state index is 13.3. The molecular weight excluding hydrogens is 404 g/mol. The molecule has 0 aromatic heterocycles. The minimum absolute atomic E-state index is 0.882. The van der Waals surface area contributed by atoms with Gasteiger partial charge in [0.15, 0.2) is 0 Å². The number of hydrogen-bond donors (Lipinski definition) is 0. The van der Waals surface area contributed by atoms with Crippen LogP contribution in [-0.4, -0.2) is 4.21 Å². The fraction of sp³-hybridized carbons (Fsp3) is 0.217. The summed E-state index contributed by atoms with van der Waals surface area (Å²) in [6.45, 7) is 2.06. The molecule has 0 N–H and O–H groups in total. The number of benzene rings is 3. The Morgan fingerprint density at radius 3 is 2.08 bits per heavy atom. The molecule has 4 aliphatic rings. The van der Waals surface area contributed by atoms with Crippen LogP contribution in [-0.2, 0) is 36.5 Å². The molecule has 0 aliphatic heterocycles. The molecule has 4 aliphatic carbocycles. The van der Waals surface area contributed by atoms with Crippen LogP contribution in [0.2, 0.25) is 0 Å². The first-order chi connectivity index (χ1) is 12.6. The Kier molecular flexibility index (Phi) is 5.10. The lowest BCUT2D eigenvalue weighted by Crippen LogP contribution is -2.04. The predicted molar refractivity (Wildman–Crippen MR) is 111 cm³/mol. The van der Waals surface area contributed by atoms with Gasteiger partial charge in [-0.3, -0.25) is 0 Å². The Labute approximate surface area is 166 Å². The number of rotatable bonds is 2. The summed E-state index contributed by atoms with van der Waals surface area (Å²) in [6.07, 6.45) is 3.79. The smallest absolute Gasteiger partial charge is 0.0852 e. The van der Waals surface area contributed by atoms with E-state index in [9.17, 15) is 4.21 Å². The second-order valence-corrected chi connectivity index (χ2v) is 9.25. The molecule has 0 radical (unpaired) electrons. The van der Waals surface area contributed by atoms with Crippen LogP contribution in [0.5, 0.6) is 0 Å². The first-order valence-corrected chi connectivity index (χ1v) is 10.9. The molecule has 1 nitrogen and oxygen atoms in total. The lowest BCUT2D eigenvalue weighted by atomic mass is 9.97. The Balaban J connectivity index is 1.74. The third-order valence-corrected chi connectivity index (χ3v) is 7.27. The van der Waals surface area contributed by atoms with Crippen molar-refractivity contribution in [2.24, 2.45) is 0 Å². The maximum Gasteiger partial charge on any atom is 0.0852 e. The van der Waals surface area contributed by atoms with Crippen LogP contribution in [0.25, 0.3) is 0 Å². The normalized spacial score (nSPS) is 14.7. The third-order valence-electron chi connectivity index (χ3n) is 5.05. The van der Waals surface area contributed by atoms with Crippen molar-refractivity contribution in [2.75, 3.05) is 0 Å². The van der Waals surface area contributed by atoms with Gasteiger partial charge in [0.25, 0.3) is 0 Å². The lowest BCUT2D eigenvalue weighted by Gasteiger charge is -2.15. The number of hydrogen-bond acceptors (Lipinski definition) is 1. The highest BCUT2D eigenvalue weighted by Gasteiger charge is 2.15. The van der Waals surface area contributed by atoms with E-state index in [0.717, 1.165) is 35.5 Å². The molecular formula is C23H21BrOS. The van der Waals surface area contributed by atoms with Gasteiger partial charge in [0.05, 0.1) is 10.8 Å². The summed E-state index contributed by atoms with van der Waals surface area (Å²) in [6, 6.07) is 21.3. The van der Waals surface area contributed by atoms with Crippen LogP contribution in [0.1, 0.15) is 27.8 Å². The van der Waals surface area contributed by atoms with Gasteiger partial charge < -0.3 is 0 Å². The van der Waals surface area contributed by atoms with Crippen LogP contribution in [0.4, 0.5) is 0 Å². The number of halogens is 1. The van der Waals surface area contributed by atoms with Gasteiger partial charge in [-0.15, -0.1) is 0 Å². The maximum atomic E-state index is 13.3. The highest BCUT2D eigenvalue weighted by molar-refractivity contribution is 9.10. The molecule has 0 saturated heterocycles. The summed E-state index contributed by atoms with van der Waals surface area (Å²) in [5, 5.41) is 0. The van der Waals surface area contributed by atoms with E-state index in [-0.39, 0.29) is 0 Å². The van der Waals surface area contributed by atoms with E-state index in [1.165, 1.54) is 32.3 Å². The van der Waals surface area contributed by atoms with E-state index in [2.05, 4.69) is 59.3 Å². The Morgan fingerprint density at radius 2 is 1.38 bits per heavy atom. The quantitative estimate of drug-likeness (QED) is 0.507. The minimum Gasteiger partial charge on any atom is -0.249 e. The van der Waals surface area contributed by atoms with Gasteiger partial charge in [0, 0.05) is 14.3 Å². The zero-order valence-electron chi connectivity index (χ0n) is 14.8. The summed E-state index contributed by atoms with van der Waals surface area (Å²) in [5.41, 5.74) is 6.28. The highest BCUT2D eigenvalue weighted by atomic mass is 79.9. The van der Waals surface area contributed by atoms with Gasteiger partial charge in [0.1, 0.15) is 0 Å². The highest BCUT2D eigenvalue weighted by Crippen LogP contribution is 2.27. The molecule has 3 heteroatoms. The van der Waals surface area contributed by atoms with Gasteiger partial charge in [-0.1, -0.05) is 57.9 Å². The second-order valence-electron chi connectivity index (χ2n) is 6.95. The van der Waals surface area contributed by atoms with Crippen molar-refractivity contribution in [3.05, 3.63) is 93.0 Å². The third kappa shape index (κ3) is 3.70. The van der Waals surface area contributed by atoms with Crippen LogP contribution in [0.3, 0.4) is 0 Å². The molecule has 3 aromatic carbocycles. The van der Waals surface area contributed by atoms with Gasteiger partial charge in [-0.05, 0) is 79.1 Å². The molecule has 26 heavy (non-hydrogen) atoms. The lowest BCUT2D eigenvalue weighted by molar-refractivity contribution is 0.681. The predicted octanol–water partition coefficient (Wildman–Crippen LogP) is 5.81. The monoisotopic (exact) mass is 424 g/mol. The van der Waals surface area contributed by atoms with Gasteiger partial charge in [-0.2, -0.15) is 0 Å². The largest absolute Gasteiger partial charge is 0.249 e. The van der Waals surface area contributed by atoms with E-state index in [1.54, 1.807) is 0 Å². The van der Waals surface area contributed by atoms with Crippen LogP contribution in [0, 0.1) is 6.92 Å². The van der Waals surface area contributed by atoms with Crippen molar-refractivity contribution >= 4 is 26.7 Å². The summed E-state index contributed by atoms with van der Waals surface area (Å²) in [5.74, 6) is 0. The van der Waals surface area contributed by atoms with Crippen LogP contribution in [0.15, 0.2) is 74.9 Å². The Bertz CT molecular complexity index is 976. The first kappa shape index (κ1) is 17.7. The molecule has 0 fully saturated rings. The van der Waals surface area contributed by atoms with Crippen LogP contribution < -0.4 is 0 Å². The second kappa shape index (κ2) is 7.50. The molecule has 0 saturated carbocycles. The standard InChI is InChI=1S/C23H21BrOS/c1-16-2-12-21(13-3-16)26(25)23-15-18-5-9-19-8-4-17(14-22(19)24)6-10-20(23)11-7-18/h2-4,7-8,11-15H,5-6,9-10H2,1H3/t26-/m0/s1. The van der Waals surface area contributed by atoms with Gasteiger partial charge in [-0.25, -0.2) is 4.21 Å². The van der Waals surface area contributed by atoms with Crippen molar-refractivity contribution in [3.63, 3.8) is 0 Å². The number of aryl methyl sites for hydroxylation is 5. The van der Waals surface area contributed by atoms with E-state index >= 15 is 0 Å². The van der Waals surface area contributed by atoms with E-state index in [4.69, 9.17) is 0 Å². The average molecular weight is 425 g/mol. The van der Waals surface area contributed by atoms with Crippen molar-refractivity contribution in [2.45, 2.75) is 42.4 Å². The Morgan fingerprint density at radius 1 is 0.769 bits per heavy atom. The zero-order valence-corrected chi connectivity index (χ0v) is 17.2. The molecule has 0 spiro atoms. The topological polar surface area (TPSA) is 17.1 Å². The van der Waals surface area contributed by atoms with Crippen molar-refractivity contribution in [3.8, 4) is 0 Å². The van der Waals surface area contributed by atoms with Crippen molar-refractivity contribution < 1.29 is 4.21 Å². The SMILES string of the molecule is Cc1ccc([S@](=O)c2cc3ccc2CCc2ccc(c(Br)c2)CC3)cc1. The van der Waals surface area contributed by atoms with E-state index < -0.39 is 10.8 Å². The minimum atomic E-state index is -1.14. The van der Waals surface area contributed by atoms with Crippen molar-refractivity contribution in [1.82, 2.24) is 0 Å². The summed E-state index contributed by atoms with van der Waals surface area (Å²) in [4.78, 5) is 1.85. The molecule has 1 atom stereocenters. The summed E-state index contributed by atoms with van der Waals surface area (Å²) < 4.78 is 14.5. The fourth-order valence-electron chi connectivity index (χ4n) is 3.43. The molecule has 0 unspecified atom stereocenters. The molecule has 132 valence electrons.